The summed E-state index contributed by atoms with van der Waals surface area (Å²) in [5.74, 6) is -2.91. The van der Waals surface area contributed by atoms with Crippen molar-refractivity contribution in [1.29, 1.82) is 0 Å². The van der Waals surface area contributed by atoms with Crippen molar-refractivity contribution in [2.75, 3.05) is 10.0 Å². The van der Waals surface area contributed by atoms with Crippen molar-refractivity contribution in [3.05, 3.63) is 48.5 Å². The van der Waals surface area contributed by atoms with Crippen molar-refractivity contribution in [3.63, 3.8) is 0 Å². The zero-order valence-electron chi connectivity index (χ0n) is 15.6. The van der Waals surface area contributed by atoms with Crippen LogP contribution in [-0.2, 0) is 19.2 Å². The molecule has 0 aromatic heterocycles. The molecule has 0 radical (unpaired) electrons. The molecule has 0 aliphatic carbocycles. The Balaban J connectivity index is 1.42. The number of hydrazine groups is 2. The molecule has 0 spiro atoms. The highest BCUT2D eigenvalue weighted by Crippen LogP contribution is 2.22. The number of hydrogen-bond donors (Lipinski definition) is 5. The summed E-state index contributed by atoms with van der Waals surface area (Å²) in [6.45, 7) is 0. The fourth-order valence-corrected chi connectivity index (χ4v) is 2.88. The maximum atomic E-state index is 12.5. The summed E-state index contributed by atoms with van der Waals surface area (Å²) in [5.41, 5.74) is 7.53. The lowest BCUT2D eigenvalue weighted by molar-refractivity contribution is -0.125. The van der Waals surface area contributed by atoms with Crippen LogP contribution in [0.25, 0.3) is 0 Å². The predicted molar refractivity (Wildman–Crippen MR) is 103 cm³/mol. The molecule has 2 aliphatic heterocycles. The highest BCUT2D eigenvalue weighted by molar-refractivity contribution is 6.18. The van der Waals surface area contributed by atoms with Crippen molar-refractivity contribution in [2.45, 2.75) is 12.1 Å². The number of phenols is 2. The summed E-state index contributed by atoms with van der Waals surface area (Å²) in [5, 5.41) is 27.7. The standard InChI is InChI=1S/C18H15N7O6/c26-11-5-1-9(2-6-11)24-17(30)13(15(28)21-24)19-23-20-14-16(29)22-25(18(14)31)10-3-7-12(27)8-4-10/h1-8,13-14,26-27H,(H,19,20)(H,21,28)(H,22,29). The molecule has 158 valence electrons. The number of nitrogens with one attached hydrogen (secondary N) is 3. The molecule has 13 heteroatoms. The Bertz CT molecular complexity index is 1090. The van der Waals surface area contributed by atoms with Gasteiger partial charge in [-0.05, 0) is 48.5 Å². The van der Waals surface area contributed by atoms with E-state index in [9.17, 15) is 29.4 Å². The second kappa shape index (κ2) is 7.62. The van der Waals surface area contributed by atoms with Gasteiger partial charge in [-0.1, -0.05) is 5.22 Å². The molecule has 2 atom stereocenters. The van der Waals surface area contributed by atoms with Crippen LogP contribution in [0, 0.1) is 0 Å². The molecule has 4 amide bonds. The van der Waals surface area contributed by atoms with Crippen molar-refractivity contribution >= 4 is 35.0 Å². The van der Waals surface area contributed by atoms with E-state index in [1.165, 1.54) is 48.5 Å². The third-order valence-electron chi connectivity index (χ3n) is 4.45. The lowest BCUT2D eigenvalue weighted by atomic mass is 10.2. The van der Waals surface area contributed by atoms with Crippen molar-refractivity contribution in [1.82, 2.24) is 16.3 Å². The van der Waals surface area contributed by atoms with Gasteiger partial charge in [0.05, 0.1) is 11.4 Å². The van der Waals surface area contributed by atoms with Gasteiger partial charge in [-0.3, -0.25) is 35.5 Å². The number of carbonyl (C=O) groups is 4. The first-order chi connectivity index (χ1) is 14.8. The molecule has 2 aliphatic rings. The van der Waals surface area contributed by atoms with E-state index >= 15 is 0 Å². The summed E-state index contributed by atoms with van der Waals surface area (Å²) in [7, 11) is 0. The third-order valence-corrected chi connectivity index (χ3v) is 4.45. The minimum Gasteiger partial charge on any atom is -0.508 e. The molecular formula is C18H15N7O6. The summed E-state index contributed by atoms with van der Waals surface area (Å²) >= 11 is 0. The number of phenolic OH excluding ortho intramolecular Hbond substituents is 2. The zero-order chi connectivity index (χ0) is 22.1. The molecule has 2 heterocycles. The number of rotatable bonds is 5. The van der Waals surface area contributed by atoms with E-state index in [0.717, 1.165) is 10.0 Å². The van der Waals surface area contributed by atoms with Crippen molar-refractivity contribution in [2.24, 2.45) is 10.3 Å². The largest absolute Gasteiger partial charge is 0.508 e. The van der Waals surface area contributed by atoms with Gasteiger partial charge in [-0.15, -0.1) is 5.11 Å². The van der Waals surface area contributed by atoms with Crippen LogP contribution in [0.4, 0.5) is 11.4 Å². The first-order valence-corrected chi connectivity index (χ1v) is 8.87. The Morgan fingerprint density at radius 2 is 1.23 bits per heavy atom. The van der Waals surface area contributed by atoms with Crippen LogP contribution in [0.1, 0.15) is 0 Å². The molecule has 13 nitrogen and oxygen atoms in total. The van der Waals surface area contributed by atoms with E-state index in [1.54, 1.807) is 0 Å². The molecular weight excluding hydrogens is 410 g/mol. The van der Waals surface area contributed by atoms with E-state index in [2.05, 4.69) is 26.6 Å². The smallest absolute Gasteiger partial charge is 0.282 e. The number of hydrogen-bond acceptors (Lipinski definition) is 8. The summed E-state index contributed by atoms with van der Waals surface area (Å²) in [4.78, 5) is 49.1. The molecule has 31 heavy (non-hydrogen) atoms. The van der Waals surface area contributed by atoms with E-state index in [1.807, 2.05) is 0 Å². The minimum absolute atomic E-state index is 0.00828. The van der Waals surface area contributed by atoms with E-state index in [0.29, 0.717) is 11.4 Å². The Morgan fingerprint density at radius 1 is 0.742 bits per heavy atom. The molecule has 2 unspecified atom stereocenters. The van der Waals surface area contributed by atoms with Crippen LogP contribution in [-0.4, -0.2) is 45.9 Å². The second-order valence-corrected chi connectivity index (χ2v) is 6.51. The SMILES string of the molecule is O=C1NN(c2ccc(O)cc2)C(=O)C1N=NNC1C(=O)NN(c2ccc(O)cc2)C1=O. The molecule has 0 saturated carbocycles. The van der Waals surface area contributed by atoms with Gasteiger partial charge in [0.15, 0.2) is 0 Å². The number of nitrogens with zero attached hydrogens (tertiary/aromatic N) is 4. The van der Waals surface area contributed by atoms with Gasteiger partial charge < -0.3 is 10.2 Å². The van der Waals surface area contributed by atoms with Gasteiger partial charge in [0, 0.05) is 0 Å². The van der Waals surface area contributed by atoms with Crippen LogP contribution in [0.5, 0.6) is 11.5 Å². The van der Waals surface area contributed by atoms with Gasteiger partial charge in [0.1, 0.15) is 11.5 Å². The third kappa shape index (κ3) is 3.66. The summed E-state index contributed by atoms with van der Waals surface area (Å²) in [6.07, 6.45) is 0. The summed E-state index contributed by atoms with van der Waals surface area (Å²) < 4.78 is 0. The minimum atomic E-state index is -1.52. The first kappa shape index (κ1) is 19.6. The van der Waals surface area contributed by atoms with Crippen LogP contribution in [0.15, 0.2) is 58.9 Å². The quantitative estimate of drug-likeness (QED) is 0.238. The number of benzene rings is 2. The van der Waals surface area contributed by atoms with Gasteiger partial charge in [-0.2, -0.15) is 0 Å². The molecule has 2 saturated heterocycles. The zero-order valence-corrected chi connectivity index (χ0v) is 15.6. The van der Waals surface area contributed by atoms with E-state index < -0.39 is 35.7 Å². The van der Waals surface area contributed by atoms with Crippen molar-refractivity contribution < 1.29 is 29.4 Å². The average molecular weight is 425 g/mol. The maximum absolute atomic E-state index is 12.5. The number of anilines is 2. The average Bonchev–Trinajstić information content (AvgIpc) is 3.19. The number of aromatic hydroxyl groups is 2. The van der Waals surface area contributed by atoms with Crippen LogP contribution >= 0.6 is 0 Å². The van der Waals surface area contributed by atoms with Crippen LogP contribution in [0.3, 0.4) is 0 Å². The Morgan fingerprint density at radius 3 is 1.77 bits per heavy atom. The normalized spacial score (nSPS) is 21.0. The molecule has 2 aromatic rings. The van der Waals surface area contributed by atoms with Gasteiger partial charge in [0.25, 0.3) is 23.6 Å². The van der Waals surface area contributed by atoms with E-state index in [-0.39, 0.29) is 11.5 Å². The number of amides is 4. The topological polar surface area (TPSA) is 176 Å². The highest BCUT2D eigenvalue weighted by atomic mass is 16.3. The Kier molecular flexibility index (Phi) is 4.83. The van der Waals surface area contributed by atoms with Gasteiger partial charge in [-0.25, -0.2) is 10.0 Å². The molecule has 2 fully saturated rings. The Hall–Kier alpha value is -4.68. The lowest BCUT2D eigenvalue weighted by Crippen LogP contribution is -2.38. The second-order valence-electron chi connectivity index (χ2n) is 6.51. The fraction of sp³-hybridized carbons (Fsp3) is 0.111. The van der Waals surface area contributed by atoms with Gasteiger partial charge >= 0.3 is 0 Å². The maximum Gasteiger partial charge on any atom is 0.282 e. The molecule has 5 N–H and O–H groups in total. The summed E-state index contributed by atoms with van der Waals surface area (Å²) in [6, 6.07) is 8.13. The molecule has 4 rings (SSSR count). The van der Waals surface area contributed by atoms with Gasteiger partial charge in [0.2, 0.25) is 12.1 Å². The van der Waals surface area contributed by atoms with Crippen LogP contribution < -0.4 is 26.3 Å². The Labute approximate surface area is 173 Å². The molecule has 0 bridgehead atoms. The highest BCUT2D eigenvalue weighted by Gasteiger charge is 2.42. The van der Waals surface area contributed by atoms with Crippen LogP contribution in [0.2, 0.25) is 0 Å². The lowest BCUT2D eigenvalue weighted by Gasteiger charge is -2.15. The number of carbonyl (C=O) groups excluding carboxylic acids is 4. The first-order valence-electron chi connectivity index (χ1n) is 8.87. The van der Waals surface area contributed by atoms with Crippen molar-refractivity contribution in [3.8, 4) is 11.5 Å². The fourth-order valence-electron chi connectivity index (χ4n) is 2.88. The monoisotopic (exact) mass is 425 g/mol. The van der Waals surface area contributed by atoms with E-state index in [4.69, 9.17) is 0 Å². The predicted octanol–water partition coefficient (Wildman–Crippen LogP) is -0.752. The molecule has 2 aromatic carbocycles.